The highest BCUT2D eigenvalue weighted by molar-refractivity contribution is 5.36. The first-order valence-electron chi connectivity index (χ1n) is 6.58. The molecule has 0 radical (unpaired) electrons. The Morgan fingerprint density at radius 3 is 2.74 bits per heavy atom. The predicted octanol–water partition coefficient (Wildman–Crippen LogP) is 3.44. The minimum Gasteiger partial charge on any atom is -0.297 e. The van der Waals surface area contributed by atoms with Gasteiger partial charge >= 0.3 is 0 Å². The van der Waals surface area contributed by atoms with Crippen LogP contribution in [0.15, 0.2) is 24.3 Å². The largest absolute Gasteiger partial charge is 0.297 e. The summed E-state index contributed by atoms with van der Waals surface area (Å²) < 4.78 is 0. The van der Waals surface area contributed by atoms with Crippen LogP contribution in [0.1, 0.15) is 44.7 Å². The van der Waals surface area contributed by atoms with E-state index < -0.39 is 0 Å². The van der Waals surface area contributed by atoms with E-state index in [1.54, 1.807) is 12.1 Å². The Morgan fingerprint density at radius 2 is 2.21 bits per heavy atom. The number of non-ortho nitro benzene ring substituents is 1. The summed E-state index contributed by atoms with van der Waals surface area (Å²) in [6.45, 7) is 4.11. The zero-order valence-corrected chi connectivity index (χ0v) is 11.4. The minimum absolute atomic E-state index is 0.00388. The Kier molecular flexibility index (Phi) is 6.04. The summed E-state index contributed by atoms with van der Waals surface area (Å²) in [5.74, 6) is 2.70. The van der Waals surface area contributed by atoms with E-state index in [1.165, 1.54) is 6.07 Å². The van der Waals surface area contributed by atoms with Gasteiger partial charge in [-0.2, -0.15) is 0 Å². The number of terminal acetylenes is 1. The molecule has 0 aliphatic rings. The van der Waals surface area contributed by atoms with E-state index in [4.69, 9.17) is 6.42 Å². The lowest BCUT2D eigenvalue weighted by Gasteiger charge is -2.22. The van der Waals surface area contributed by atoms with Crippen LogP contribution in [0.4, 0.5) is 5.69 Å². The van der Waals surface area contributed by atoms with Gasteiger partial charge in [0.15, 0.2) is 0 Å². The molecule has 0 spiro atoms. The number of nitrogens with zero attached hydrogens (tertiary/aromatic N) is 1. The van der Waals surface area contributed by atoms with E-state index in [0.717, 1.165) is 24.8 Å². The molecule has 0 saturated carbocycles. The quantitative estimate of drug-likeness (QED) is 0.464. The maximum Gasteiger partial charge on any atom is 0.269 e. The molecule has 0 heterocycles. The summed E-state index contributed by atoms with van der Waals surface area (Å²) in [5.41, 5.74) is 1.04. The third kappa shape index (κ3) is 4.38. The van der Waals surface area contributed by atoms with Gasteiger partial charge in [0.25, 0.3) is 5.69 Å². The molecular weight excluding hydrogens is 240 g/mol. The molecule has 0 fully saturated rings. The monoisotopic (exact) mass is 260 g/mol. The number of nitro groups is 1. The van der Waals surface area contributed by atoms with E-state index in [-0.39, 0.29) is 22.7 Å². The van der Waals surface area contributed by atoms with Gasteiger partial charge < -0.3 is 0 Å². The van der Waals surface area contributed by atoms with Crippen LogP contribution in [0, 0.1) is 22.5 Å². The number of rotatable bonds is 7. The molecule has 0 aliphatic heterocycles. The van der Waals surface area contributed by atoms with Crippen molar-refractivity contribution >= 4 is 5.69 Å². The lowest BCUT2D eigenvalue weighted by atomic mass is 10.0. The first-order valence-corrected chi connectivity index (χ1v) is 6.58. The molecule has 19 heavy (non-hydrogen) atoms. The van der Waals surface area contributed by atoms with Gasteiger partial charge in [0.05, 0.1) is 11.0 Å². The Balaban J connectivity index is 2.95. The summed E-state index contributed by atoms with van der Waals surface area (Å²) in [7, 11) is 0. The van der Waals surface area contributed by atoms with Gasteiger partial charge in [-0.1, -0.05) is 38.3 Å². The van der Waals surface area contributed by atoms with Gasteiger partial charge in [-0.3, -0.25) is 15.4 Å². The van der Waals surface area contributed by atoms with E-state index in [9.17, 15) is 10.1 Å². The van der Waals surface area contributed by atoms with Crippen molar-refractivity contribution < 1.29 is 4.92 Å². The van der Waals surface area contributed by atoms with Gasteiger partial charge in [-0.05, 0) is 18.4 Å². The molecule has 1 rings (SSSR count). The average Bonchev–Trinajstić information content (AvgIpc) is 2.43. The lowest BCUT2D eigenvalue weighted by molar-refractivity contribution is -0.384. The molecule has 2 unspecified atom stereocenters. The summed E-state index contributed by atoms with van der Waals surface area (Å²) in [6.07, 6.45) is 8.19. The highest BCUT2D eigenvalue weighted by Gasteiger charge is 2.16. The molecule has 0 aromatic heterocycles. The molecule has 102 valence electrons. The molecule has 1 N–H and O–H groups in total. The molecule has 0 amide bonds. The van der Waals surface area contributed by atoms with Crippen LogP contribution in [0.5, 0.6) is 0 Å². The molecule has 1 aromatic rings. The van der Waals surface area contributed by atoms with Crippen LogP contribution < -0.4 is 5.32 Å². The van der Waals surface area contributed by atoms with E-state index >= 15 is 0 Å². The summed E-state index contributed by atoms with van der Waals surface area (Å²) >= 11 is 0. The highest BCUT2D eigenvalue weighted by atomic mass is 16.6. The van der Waals surface area contributed by atoms with E-state index in [0.29, 0.717) is 0 Å². The summed E-state index contributed by atoms with van der Waals surface area (Å²) in [6, 6.07) is 6.81. The van der Waals surface area contributed by atoms with Crippen LogP contribution in [-0.4, -0.2) is 11.0 Å². The van der Waals surface area contributed by atoms with Crippen LogP contribution in [0.3, 0.4) is 0 Å². The van der Waals surface area contributed by atoms with Gasteiger partial charge in [0.2, 0.25) is 0 Å². The Morgan fingerprint density at radius 1 is 1.47 bits per heavy atom. The number of hydrogen-bond donors (Lipinski definition) is 1. The maximum absolute atomic E-state index is 10.8. The maximum atomic E-state index is 10.8. The molecule has 2 atom stereocenters. The lowest BCUT2D eigenvalue weighted by Crippen LogP contribution is -2.31. The third-order valence-corrected chi connectivity index (χ3v) is 3.07. The zero-order chi connectivity index (χ0) is 14.3. The minimum atomic E-state index is -0.370. The highest BCUT2D eigenvalue weighted by Crippen LogP contribution is 2.23. The smallest absolute Gasteiger partial charge is 0.269 e. The van der Waals surface area contributed by atoms with Crippen LogP contribution in [-0.2, 0) is 0 Å². The van der Waals surface area contributed by atoms with Gasteiger partial charge in [0.1, 0.15) is 0 Å². The van der Waals surface area contributed by atoms with Crippen molar-refractivity contribution in [3.8, 4) is 12.3 Å². The molecule has 0 aliphatic carbocycles. The van der Waals surface area contributed by atoms with Crippen LogP contribution >= 0.6 is 0 Å². The Labute approximate surface area is 114 Å². The summed E-state index contributed by atoms with van der Waals surface area (Å²) in [4.78, 5) is 10.5. The van der Waals surface area contributed by atoms with Gasteiger partial charge in [-0.15, -0.1) is 6.42 Å². The fourth-order valence-electron chi connectivity index (χ4n) is 2.02. The second kappa shape index (κ2) is 7.55. The van der Waals surface area contributed by atoms with E-state index in [2.05, 4.69) is 18.2 Å². The van der Waals surface area contributed by atoms with Crippen molar-refractivity contribution in [1.29, 1.82) is 0 Å². The second-order valence-corrected chi connectivity index (χ2v) is 4.49. The third-order valence-electron chi connectivity index (χ3n) is 3.07. The van der Waals surface area contributed by atoms with Crippen molar-refractivity contribution in [2.45, 2.75) is 45.2 Å². The molecule has 1 aromatic carbocycles. The van der Waals surface area contributed by atoms with Crippen molar-refractivity contribution in [2.75, 3.05) is 0 Å². The number of nitrogens with one attached hydrogen (secondary N) is 1. The SMILES string of the molecule is C#CC(CC)NC(CCC)c1cccc([N+](=O)[O-])c1. The van der Waals surface area contributed by atoms with Gasteiger partial charge in [0, 0.05) is 18.2 Å². The predicted molar refractivity (Wildman–Crippen MR) is 76.8 cm³/mol. The first kappa shape index (κ1) is 15.2. The van der Waals surface area contributed by atoms with E-state index in [1.807, 2.05) is 13.0 Å². The van der Waals surface area contributed by atoms with Crippen LogP contribution in [0.25, 0.3) is 0 Å². The topological polar surface area (TPSA) is 55.2 Å². The number of nitro benzene ring substituents is 1. The average molecular weight is 260 g/mol. The summed E-state index contributed by atoms with van der Waals surface area (Å²) in [5, 5.41) is 14.2. The number of benzene rings is 1. The zero-order valence-electron chi connectivity index (χ0n) is 11.4. The standard InChI is InChI=1S/C15H20N2O2/c1-4-8-15(16-13(5-2)6-3)12-9-7-10-14(11-12)17(18)19/h2,7,9-11,13,15-16H,4,6,8H2,1,3H3. The Hall–Kier alpha value is -1.86. The number of hydrogen-bond acceptors (Lipinski definition) is 3. The fraction of sp³-hybridized carbons (Fsp3) is 0.467. The van der Waals surface area contributed by atoms with Crippen molar-refractivity contribution in [2.24, 2.45) is 0 Å². The Bertz CT molecular complexity index is 465. The first-order chi connectivity index (χ1) is 9.12. The van der Waals surface area contributed by atoms with Crippen molar-refractivity contribution in [3.05, 3.63) is 39.9 Å². The van der Waals surface area contributed by atoms with Crippen LogP contribution in [0.2, 0.25) is 0 Å². The molecule has 0 saturated heterocycles. The van der Waals surface area contributed by atoms with Crippen molar-refractivity contribution in [3.63, 3.8) is 0 Å². The second-order valence-electron chi connectivity index (χ2n) is 4.49. The fourth-order valence-corrected chi connectivity index (χ4v) is 2.02. The molecule has 4 nitrogen and oxygen atoms in total. The normalized spacial score (nSPS) is 13.5. The van der Waals surface area contributed by atoms with Crippen molar-refractivity contribution in [1.82, 2.24) is 5.32 Å². The molecular formula is C15H20N2O2. The van der Waals surface area contributed by atoms with Gasteiger partial charge in [-0.25, -0.2) is 0 Å². The molecule has 0 bridgehead atoms. The molecule has 4 heteroatoms.